The number of nitrogens with one attached hydrogen (secondary N) is 1. The molecule has 0 aromatic heterocycles. The van der Waals surface area contributed by atoms with Crippen LogP contribution in [-0.4, -0.2) is 41.0 Å². The lowest BCUT2D eigenvalue weighted by molar-refractivity contribution is -0.155. The number of nitrogens with zero attached hydrogens (tertiary/aromatic N) is 1. The van der Waals surface area contributed by atoms with Crippen LogP contribution in [0, 0.1) is 11.3 Å². The molecule has 2 aromatic rings. The quantitative estimate of drug-likeness (QED) is 0.727. The second-order valence-corrected chi connectivity index (χ2v) is 9.76. The van der Waals surface area contributed by atoms with E-state index in [1.807, 2.05) is 45.9 Å². The highest BCUT2D eigenvalue weighted by Crippen LogP contribution is 2.46. The predicted octanol–water partition coefficient (Wildman–Crippen LogP) is 4.24. The monoisotopic (exact) mass is 442 g/mol. The highest BCUT2D eigenvalue weighted by Gasteiger charge is 2.50. The average Bonchev–Trinajstić information content (AvgIpc) is 2.74. The fourth-order valence-electron chi connectivity index (χ4n) is 4.30. The fourth-order valence-corrected chi connectivity index (χ4v) is 4.42. The van der Waals surface area contributed by atoms with Gasteiger partial charge in [0.15, 0.2) is 0 Å². The van der Waals surface area contributed by atoms with Gasteiger partial charge in [-0.1, -0.05) is 69.6 Å². The molecule has 0 radical (unpaired) electrons. The number of carbonyl (C=O) groups is 2. The van der Waals surface area contributed by atoms with Gasteiger partial charge in [-0.2, -0.15) is 0 Å². The summed E-state index contributed by atoms with van der Waals surface area (Å²) in [4.78, 5) is 27.8. The van der Waals surface area contributed by atoms with Crippen molar-refractivity contribution in [1.29, 1.82) is 0 Å². The van der Waals surface area contributed by atoms with E-state index in [-0.39, 0.29) is 17.7 Å². The minimum absolute atomic E-state index is 0.0691. The zero-order valence-corrected chi connectivity index (χ0v) is 19.3. The molecule has 0 saturated carbocycles. The summed E-state index contributed by atoms with van der Waals surface area (Å²) in [7, 11) is 0. The first kappa shape index (κ1) is 23.3. The SMILES string of the molecule is CC(C)[C@@H](NC(=O)c1ccccc1)C(=O)N1CC[C@@](O)(c2ccc(Cl)cc2)C(C)(C)C1. The van der Waals surface area contributed by atoms with Crippen molar-refractivity contribution >= 4 is 23.4 Å². The van der Waals surface area contributed by atoms with Crippen LogP contribution >= 0.6 is 11.6 Å². The van der Waals surface area contributed by atoms with Crippen LogP contribution in [0.15, 0.2) is 54.6 Å². The van der Waals surface area contributed by atoms with Gasteiger partial charge in [0, 0.05) is 29.1 Å². The Morgan fingerprint density at radius 2 is 1.68 bits per heavy atom. The number of rotatable bonds is 5. The molecule has 0 bridgehead atoms. The molecule has 0 aliphatic carbocycles. The van der Waals surface area contributed by atoms with Crippen molar-refractivity contribution in [3.63, 3.8) is 0 Å². The molecule has 3 rings (SSSR count). The number of aliphatic hydroxyl groups is 1. The van der Waals surface area contributed by atoms with Gasteiger partial charge in [0.05, 0.1) is 5.60 Å². The van der Waals surface area contributed by atoms with Crippen LogP contribution in [0.25, 0.3) is 0 Å². The molecule has 0 unspecified atom stereocenters. The number of carbonyl (C=O) groups excluding carboxylic acids is 2. The highest BCUT2D eigenvalue weighted by molar-refractivity contribution is 6.30. The number of hydrogen-bond donors (Lipinski definition) is 2. The molecule has 2 N–H and O–H groups in total. The molecule has 1 aliphatic rings. The van der Waals surface area contributed by atoms with E-state index in [1.54, 1.807) is 41.3 Å². The van der Waals surface area contributed by atoms with Gasteiger partial charge in [-0.05, 0) is 42.2 Å². The van der Waals surface area contributed by atoms with E-state index in [0.29, 0.717) is 30.1 Å². The summed E-state index contributed by atoms with van der Waals surface area (Å²) in [5.41, 5.74) is -0.335. The number of halogens is 1. The number of likely N-dealkylation sites (tertiary alicyclic amines) is 1. The van der Waals surface area contributed by atoms with E-state index in [4.69, 9.17) is 11.6 Å². The molecule has 6 heteroatoms. The molecule has 2 aromatic carbocycles. The van der Waals surface area contributed by atoms with Crippen molar-refractivity contribution in [3.05, 3.63) is 70.7 Å². The van der Waals surface area contributed by atoms with Gasteiger partial charge >= 0.3 is 0 Å². The Hall–Kier alpha value is -2.37. The first-order valence-corrected chi connectivity index (χ1v) is 11.1. The van der Waals surface area contributed by atoms with Gasteiger partial charge in [-0.15, -0.1) is 0 Å². The van der Waals surface area contributed by atoms with E-state index in [9.17, 15) is 14.7 Å². The van der Waals surface area contributed by atoms with Crippen LogP contribution in [0.1, 0.15) is 50.0 Å². The molecule has 1 fully saturated rings. The topological polar surface area (TPSA) is 69.6 Å². The molecular formula is C25H31ClN2O3. The van der Waals surface area contributed by atoms with Crippen molar-refractivity contribution in [1.82, 2.24) is 10.2 Å². The molecule has 1 heterocycles. The molecule has 2 atom stereocenters. The Kier molecular flexibility index (Phi) is 6.77. The van der Waals surface area contributed by atoms with Crippen LogP contribution in [0.3, 0.4) is 0 Å². The molecule has 166 valence electrons. The predicted molar refractivity (Wildman–Crippen MR) is 123 cm³/mol. The third kappa shape index (κ3) is 4.78. The van der Waals surface area contributed by atoms with Crippen molar-refractivity contribution in [3.8, 4) is 0 Å². The summed E-state index contributed by atoms with van der Waals surface area (Å²) in [6.07, 6.45) is 0.408. The average molecular weight is 443 g/mol. The molecule has 1 aliphatic heterocycles. The fraction of sp³-hybridized carbons (Fsp3) is 0.440. The first-order chi connectivity index (χ1) is 14.5. The van der Waals surface area contributed by atoms with Crippen LogP contribution in [0.5, 0.6) is 0 Å². The Morgan fingerprint density at radius 1 is 1.06 bits per heavy atom. The van der Waals surface area contributed by atoms with Crippen LogP contribution in [0.4, 0.5) is 0 Å². The van der Waals surface area contributed by atoms with Gasteiger partial charge in [0.2, 0.25) is 5.91 Å². The Bertz CT molecular complexity index is 928. The lowest BCUT2D eigenvalue weighted by atomic mass is 9.66. The Morgan fingerprint density at radius 3 is 2.23 bits per heavy atom. The van der Waals surface area contributed by atoms with Crippen molar-refractivity contribution in [2.75, 3.05) is 13.1 Å². The molecule has 2 amide bonds. The normalized spacial score (nSPS) is 21.6. The number of hydrogen-bond acceptors (Lipinski definition) is 3. The van der Waals surface area contributed by atoms with Gasteiger partial charge in [-0.25, -0.2) is 0 Å². The summed E-state index contributed by atoms with van der Waals surface area (Å²) in [6.45, 7) is 8.57. The molecular weight excluding hydrogens is 412 g/mol. The van der Waals surface area contributed by atoms with E-state index in [2.05, 4.69) is 5.32 Å². The van der Waals surface area contributed by atoms with Gasteiger partial charge in [0.25, 0.3) is 5.91 Å². The van der Waals surface area contributed by atoms with Gasteiger partial charge in [-0.3, -0.25) is 9.59 Å². The number of piperidine rings is 1. The summed E-state index contributed by atoms with van der Waals surface area (Å²) < 4.78 is 0. The standard InChI is InChI=1S/C25H31ClN2O3/c1-17(2)21(27-22(29)18-8-6-5-7-9-18)23(30)28-15-14-25(31,24(3,4)16-28)19-10-12-20(26)13-11-19/h5-13,17,21,31H,14-16H2,1-4H3,(H,27,29)/t21-,25-/m1/s1. The lowest BCUT2D eigenvalue weighted by Crippen LogP contribution is -2.60. The van der Waals surface area contributed by atoms with E-state index < -0.39 is 17.1 Å². The number of benzene rings is 2. The van der Waals surface area contributed by atoms with Gasteiger partial charge in [0.1, 0.15) is 6.04 Å². The van der Waals surface area contributed by atoms with Crippen molar-refractivity contribution < 1.29 is 14.7 Å². The zero-order valence-electron chi connectivity index (χ0n) is 18.6. The smallest absolute Gasteiger partial charge is 0.251 e. The highest BCUT2D eigenvalue weighted by atomic mass is 35.5. The van der Waals surface area contributed by atoms with Crippen LogP contribution < -0.4 is 5.32 Å². The molecule has 0 spiro atoms. The second-order valence-electron chi connectivity index (χ2n) is 9.32. The maximum absolute atomic E-state index is 13.4. The van der Waals surface area contributed by atoms with E-state index in [1.165, 1.54) is 0 Å². The zero-order chi connectivity index (χ0) is 22.8. The third-order valence-electron chi connectivity index (χ3n) is 6.34. The second kappa shape index (κ2) is 9.01. The number of amides is 2. The van der Waals surface area contributed by atoms with Crippen LogP contribution in [0.2, 0.25) is 5.02 Å². The summed E-state index contributed by atoms with van der Waals surface area (Å²) in [6, 6.07) is 15.5. The molecule has 1 saturated heterocycles. The lowest BCUT2D eigenvalue weighted by Gasteiger charge is -2.51. The summed E-state index contributed by atoms with van der Waals surface area (Å²) in [5.74, 6) is -0.451. The Labute approximate surface area is 189 Å². The van der Waals surface area contributed by atoms with Gasteiger partial charge < -0.3 is 15.3 Å². The first-order valence-electron chi connectivity index (χ1n) is 10.7. The van der Waals surface area contributed by atoms with Crippen molar-refractivity contribution in [2.24, 2.45) is 11.3 Å². The van der Waals surface area contributed by atoms with Crippen LogP contribution in [-0.2, 0) is 10.4 Å². The van der Waals surface area contributed by atoms with Crippen molar-refractivity contribution in [2.45, 2.75) is 45.8 Å². The minimum Gasteiger partial charge on any atom is -0.384 e. The van der Waals surface area contributed by atoms with E-state index in [0.717, 1.165) is 5.56 Å². The van der Waals surface area contributed by atoms with E-state index >= 15 is 0 Å². The maximum atomic E-state index is 13.4. The molecule has 31 heavy (non-hydrogen) atoms. The minimum atomic E-state index is -1.07. The summed E-state index contributed by atoms with van der Waals surface area (Å²) in [5, 5.41) is 15.1. The third-order valence-corrected chi connectivity index (χ3v) is 6.59. The molecule has 5 nitrogen and oxygen atoms in total. The summed E-state index contributed by atoms with van der Waals surface area (Å²) >= 11 is 6.01. The largest absolute Gasteiger partial charge is 0.384 e. The Balaban J connectivity index is 1.77. The maximum Gasteiger partial charge on any atom is 0.251 e.